The molecule has 0 radical (unpaired) electrons. The van der Waals surface area contributed by atoms with Gasteiger partial charge in [0, 0.05) is 45.1 Å². The molecule has 0 spiro atoms. The monoisotopic (exact) mass is 1060 g/mol. The highest BCUT2D eigenvalue weighted by atomic mass is 79.9. The first-order valence-corrected chi connectivity index (χ1v) is 27.3. The van der Waals surface area contributed by atoms with Gasteiger partial charge in [0.15, 0.2) is 0 Å². The van der Waals surface area contributed by atoms with Crippen molar-refractivity contribution in [1.29, 1.82) is 0 Å². The summed E-state index contributed by atoms with van der Waals surface area (Å²) in [5, 5.41) is 23.5. The van der Waals surface area contributed by atoms with E-state index in [9.17, 15) is 10.2 Å². The van der Waals surface area contributed by atoms with Crippen LogP contribution in [0.2, 0.25) is 5.02 Å². The largest absolute Gasteiger partial charge is 0.388 e. The summed E-state index contributed by atoms with van der Waals surface area (Å²) in [6, 6.07) is 57.6. The van der Waals surface area contributed by atoms with Gasteiger partial charge in [-0.25, -0.2) is 0 Å². The Morgan fingerprint density at radius 1 is 0.575 bits per heavy atom. The van der Waals surface area contributed by atoms with Gasteiger partial charge in [0.05, 0.1) is 6.10 Å². The van der Waals surface area contributed by atoms with Gasteiger partial charge in [-0.1, -0.05) is 170 Å². The minimum atomic E-state index is -0.968. The molecular weight excluding hydrogens is 986 g/mol. The topological polar surface area (TPSA) is 76.0 Å². The van der Waals surface area contributed by atoms with Crippen molar-refractivity contribution in [2.75, 3.05) is 60.9 Å². The SMILES string of the molecule is CC(C)(C)c1ccc(C(O)CCCN2CCC(C(O)(c3ccccc3)c3ccccc3)CC2)cc1.CN(C)CCC(c1ccc(Br)cc1)c1ccccn1.CN(C)CCC(c1ccc(Cl)cc1)c1ccccn1. The Hall–Kier alpha value is -5.03. The summed E-state index contributed by atoms with van der Waals surface area (Å²) < 4.78 is 1.11. The van der Waals surface area contributed by atoms with Crippen LogP contribution in [0.5, 0.6) is 0 Å². The van der Waals surface area contributed by atoms with Gasteiger partial charge in [-0.2, -0.15) is 0 Å². The predicted octanol–water partition coefficient (Wildman–Crippen LogP) is 14.2. The normalized spacial score (nSPS) is 14.6. The Morgan fingerprint density at radius 2 is 1.01 bits per heavy atom. The van der Waals surface area contributed by atoms with Gasteiger partial charge in [0.1, 0.15) is 5.60 Å². The van der Waals surface area contributed by atoms with Crippen molar-refractivity contribution >= 4 is 27.5 Å². The smallest absolute Gasteiger partial charge is 0.117 e. The van der Waals surface area contributed by atoms with Crippen molar-refractivity contribution in [3.63, 3.8) is 0 Å². The molecule has 1 fully saturated rings. The van der Waals surface area contributed by atoms with Crippen molar-refractivity contribution in [2.24, 2.45) is 5.92 Å². The number of rotatable bonds is 18. The first-order valence-electron chi connectivity index (χ1n) is 26.1. The molecule has 0 aliphatic carbocycles. The maximum Gasteiger partial charge on any atom is 0.117 e. The van der Waals surface area contributed by atoms with Gasteiger partial charge in [0.25, 0.3) is 0 Å². The van der Waals surface area contributed by atoms with Crippen LogP contribution in [-0.4, -0.2) is 95.8 Å². The van der Waals surface area contributed by atoms with E-state index in [1.165, 1.54) is 16.7 Å². The molecule has 0 saturated carbocycles. The lowest BCUT2D eigenvalue weighted by Crippen LogP contribution is -2.44. The van der Waals surface area contributed by atoms with E-state index in [-0.39, 0.29) is 11.3 Å². The fraction of sp³-hybridized carbons (Fsp3) is 0.375. The van der Waals surface area contributed by atoms with Gasteiger partial charge in [-0.15, -0.1) is 0 Å². The zero-order valence-electron chi connectivity index (χ0n) is 44.3. The Bertz CT molecular complexity index is 2450. The molecule has 5 aromatic carbocycles. The highest BCUT2D eigenvalue weighted by Gasteiger charge is 2.41. The lowest BCUT2D eigenvalue weighted by Gasteiger charge is -2.42. The van der Waals surface area contributed by atoms with E-state index in [2.05, 4.69) is 193 Å². The van der Waals surface area contributed by atoms with E-state index in [0.717, 1.165) is 109 Å². The minimum Gasteiger partial charge on any atom is -0.388 e. The Kier molecular flexibility index (Phi) is 22.4. The fourth-order valence-electron chi connectivity index (χ4n) is 9.78. The van der Waals surface area contributed by atoms with Crippen LogP contribution in [0.3, 0.4) is 0 Å². The number of nitrogens with zero attached hydrogens (tertiary/aromatic N) is 5. The van der Waals surface area contributed by atoms with E-state index in [1.807, 2.05) is 79.1 Å². The summed E-state index contributed by atoms with van der Waals surface area (Å²) in [6.45, 7) is 11.7. The van der Waals surface area contributed by atoms with Crippen molar-refractivity contribution < 1.29 is 10.2 Å². The van der Waals surface area contributed by atoms with Crippen LogP contribution in [0.25, 0.3) is 0 Å². The van der Waals surface area contributed by atoms with Crippen LogP contribution in [-0.2, 0) is 11.0 Å². The summed E-state index contributed by atoms with van der Waals surface area (Å²) >= 11 is 9.46. The molecule has 73 heavy (non-hydrogen) atoms. The Morgan fingerprint density at radius 3 is 1.44 bits per heavy atom. The van der Waals surface area contributed by atoms with Gasteiger partial charge >= 0.3 is 0 Å². The fourth-order valence-corrected chi connectivity index (χ4v) is 10.2. The molecule has 386 valence electrons. The van der Waals surface area contributed by atoms with Crippen molar-refractivity contribution in [2.45, 2.75) is 88.3 Å². The third-order valence-electron chi connectivity index (χ3n) is 14.1. The maximum atomic E-state index is 12.1. The zero-order chi connectivity index (χ0) is 52.2. The summed E-state index contributed by atoms with van der Waals surface area (Å²) in [6.07, 6.45) is 9.08. The second kappa shape index (κ2) is 28.6. The number of aliphatic hydroxyl groups is 2. The number of halogens is 2. The number of benzene rings is 5. The van der Waals surface area contributed by atoms with E-state index < -0.39 is 11.7 Å². The molecule has 1 saturated heterocycles. The molecule has 7 aromatic rings. The number of pyridine rings is 2. The average molecular weight is 1070 g/mol. The molecule has 7 nitrogen and oxygen atoms in total. The first-order chi connectivity index (χ1) is 35.1. The van der Waals surface area contributed by atoms with Crippen LogP contribution < -0.4 is 0 Å². The van der Waals surface area contributed by atoms with Crippen molar-refractivity contribution in [3.05, 3.63) is 237 Å². The van der Waals surface area contributed by atoms with Crippen molar-refractivity contribution in [3.8, 4) is 0 Å². The molecule has 1 aliphatic rings. The number of hydrogen-bond donors (Lipinski definition) is 2. The highest BCUT2D eigenvalue weighted by molar-refractivity contribution is 9.10. The number of aliphatic hydroxyl groups excluding tert-OH is 1. The maximum absolute atomic E-state index is 12.1. The minimum absolute atomic E-state index is 0.128. The van der Waals surface area contributed by atoms with Gasteiger partial charge in [-0.3, -0.25) is 9.97 Å². The molecule has 3 unspecified atom stereocenters. The summed E-state index contributed by atoms with van der Waals surface area (Å²) in [4.78, 5) is 15.9. The summed E-state index contributed by atoms with van der Waals surface area (Å²) in [5.41, 5.74) is 8.27. The lowest BCUT2D eigenvalue weighted by atomic mass is 9.72. The zero-order valence-corrected chi connectivity index (χ0v) is 46.6. The van der Waals surface area contributed by atoms with E-state index >= 15 is 0 Å². The molecule has 0 amide bonds. The molecule has 0 bridgehead atoms. The second-order valence-electron chi connectivity index (χ2n) is 21.0. The third-order valence-corrected chi connectivity index (χ3v) is 14.9. The number of likely N-dealkylation sites (tertiary alicyclic amines) is 1. The van der Waals surface area contributed by atoms with E-state index in [0.29, 0.717) is 11.8 Å². The highest BCUT2D eigenvalue weighted by Crippen LogP contribution is 2.42. The lowest BCUT2D eigenvalue weighted by molar-refractivity contribution is -0.0146. The molecule has 8 rings (SSSR count). The standard InChI is InChI=1S/C32H41NO2.C16H19BrN2.C16H19ClN2/c1-31(2,3)26-18-16-25(17-19-26)30(34)15-10-22-33-23-20-29(21-24-33)32(35,27-11-6-4-7-12-27)28-13-8-5-9-14-28;2*1-19(2)12-10-15(16-5-3-4-11-18-16)13-6-8-14(17)9-7-13/h4-9,11-14,16-19,29-30,34-35H,10,15,20-24H2,1-3H3;2*3-9,11,15H,10,12H2,1-2H3. The van der Waals surface area contributed by atoms with Crippen LogP contribution in [0.1, 0.15) is 122 Å². The number of aromatic nitrogens is 2. The van der Waals surface area contributed by atoms with Crippen LogP contribution in [0.4, 0.5) is 0 Å². The average Bonchev–Trinajstić information content (AvgIpc) is 3.41. The molecular formula is C64H79BrClN5O2. The van der Waals surface area contributed by atoms with Crippen LogP contribution >= 0.6 is 27.5 Å². The van der Waals surface area contributed by atoms with E-state index in [1.54, 1.807) is 0 Å². The molecule has 3 atom stereocenters. The predicted molar refractivity (Wildman–Crippen MR) is 308 cm³/mol. The van der Waals surface area contributed by atoms with Crippen LogP contribution in [0.15, 0.2) is 187 Å². The molecule has 2 N–H and O–H groups in total. The quantitative estimate of drug-likeness (QED) is 0.0887. The van der Waals surface area contributed by atoms with Gasteiger partial charge < -0.3 is 24.9 Å². The Balaban J connectivity index is 0.000000194. The molecule has 2 aromatic heterocycles. The van der Waals surface area contributed by atoms with Crippen LogP contribution in [0, 0.1) is 5.92 Å². The number of piperidine rings is 1. The van der Waals surface area contributed by atoms with E-state index in [4.69, 9.17) is 11.6 Å². The summed E-state index contributed by atoms with van der Waals surface area (Å²) in [5.74, 6) is 0.855. The molecule has 1 aliphatic heterocycles. The van der Waals surface area contributed by atoms with Gasteiger partial charge in [0.2, 0.25) is 0 Å². The Labute approximate surface area is 451 Å². The van der Waals surface area contributed by atoms with Gasteiger partial charge in [-0.05, 0) is 193 Å². The summed E-state index contributed by atoms with van der Waals surface area (Å²) in [7, 11) is 8.41. The second-order valence-corrected chi connectivity index (χ2v) is 22.4. The third kappa shape index (κ3) is 17.5. The van der Waals surface area contributed by atoms with Crippen molar-refractivity contribution in [1.82, 2.24) is 24.7 Å². The number of hydrogen-bond acceptors (Lipinski definition) is 7. The first kappa shape index (κ1) is 57.3. The molecule has 3 heterocycles. The molecule has 9 heteroatoms.